The number of amides is 1. The molecule has 1 atom stereocenters. The van der Waals surface area contributed by atoms with Crippen molar-refractivity contribution in [3.63, 3.8) is 0 Å². The molecule has 0 aromatic heterocycles. The first-order valence-electron chi connectivity index (χ1n) is 4.93. The third kappa shape index (κ3) is 1.92. The number of halogens is 1. The lowest BCUT2D eigenvalue weighted by atomic mass is 10.2. The van der Waals surface area contributed by atoms with Crippen LogP contribution in [0.15, 0.2) is 24.3 Å². The number of nitrogens with zero attached hydrogens (tertiary/aromatic N) is 1. The van der Waals surface area contributed by atoms with E-state index in [-0.39, 0.29) is 11.3 Å². The molecule has 1 heterocycles. The van der Waals surface area contributed by atoms with Crippen molar-refractivity contribution in [1.29, 1.82) is 0 Å². The molecule has 1 aliphatic rings. The Morgan fingerprint density at radius 3 is 2.80 bits per heavy atom. The Morgan fingerprint density at radius 1 is 1.47 bits per heavy atom. The second-order valence-electron chi connectivity index (χ2n) is 3.57. The molecule has 0 bridgehead atoms. The summed E-state index contributed by atoms with van der Waals surface area (Å²) in [6.45, 7) is 0.596. The van der Waals surface area contributed by atoms with E-state index in [9.17, 15) is 4.79 Å². The minimum absolute atomic E-state index is 0.0672. The molecule has 0 saturated carbocycles. The van der Waals surface area contributed by atoms with Crippen LogP contribution in [0.4, 0.5) is 11.4 Å². The minimum Gasteiger partial charge on any atom is -0.386 e. The van der Waals surface area contributed by atoms with Crippen molar-refractivity contribution in [2.75, 3.05) is 23.8 Å². The highest BCUT2D eigenvalue weighted by molar-refractivity contribution is 6.24. The second kappa shape index (κ2) is 4.11. The van der Waals surface area contributed by atoms with Crippen LogP contribution in [0.2, 0.25) is 0 Å². The molecule has 0 aliphatic carbocycles. The average Bonchev–Trinajstić information content (AvgIpc) is 2.57. The third-order valence-electron chi connectivity index (χ3n) is 2.54. The highest BCUT2D eigenvalue weighted by atomic mass is 35.5. The van der Waals surface area contributed by atoms with Gasteiger partial charge in [0.05, 0.1) is 16.8 Å². The van der Waals surface area contributed by atoms with Crippen molar-refractivity contribution in [2.24, 2.45) is 0 Å². The molecule has 1 fully saturated rings. The van der Waals surface area contributed by atoms with Crippen LogP contribution in [0.1, 0.15) is 6.42 Å². The van der Waals surface area contributed by atoms with Crippen LogP contribution in [0.25, 0.3) is 0 Å². The van der Waals surface area contributed by atoms with E-state index in [1.807, 2.05) is 31.3 Å². The number of carbonyl (C=O) groups is 1. The normalized spacial score (nSPS) is 20.8. The first kappa shape index (κ1) is 10.3. The molecule has 80 valence electrons. The predicted molar refractivity (Wildman–Crippen MR) is 62.6 cm³/mol. The van der Waals surface area contributed by atoms with E-state index in [0.717, 1.165) is 11.4 Å². The Labute approximate surface area is 94.0 Å². The summed E-state index contributed by atoms with van der Waals surface area (Å²) in [5.74, 6) is 0.0951. The summed E-state index contributed by atoms with van der Waals surface area (Å²) in [7, 11) is 1.84. The molecule has 1 aromatic carbocycles. The second-order valence-corrected chi connectivity index (χ2v) is 4.19. The van der Waals surface area contributed by atoms with Crippen LogP contribution in [0.3, 0.4) is 0 Å². The van der Waals surface area contributed by atoms with E-state index in [1.165, 1.54) is 0 Å². The first-order valence-corrected chi connectivity index (χ1v) is 5.37. The molecule has 3 nitrogen and oxygen atoms in total. The van der Waals surface area contributed by atoms with E-state index in [1.54, 1.807) is 4.90 Å². The smallest absolute Gasteiger partial charge is 0.228 e. The van der Waals surface area contributed by atoms with Gasteiger partial charge < -0.3 is 10.2 Å². The Balaban J connectivity index is 2.33. The molecule has 1 unspecified atom stereocenters. The van der Waals surface area contributed by atoms with Gasteiger partial charge in [0.25, 0.3) is 0 Å². The lowest BCUT2D eigenvalue weighted by Gasteiger charge is -2.19. The van der Waals surface area contributed by atoms with Crippen molar-refractivity contribution >= 4 is 28.9 Å². The van der Waals surface area contributed by atoms with Crippen LogP contribution in [0, 0.1) is 0 Å². The van der Waals surface area contributed by atoms with Crippen molar-refractivity contribution in [1.82, 2.24) is 0 Å². The fourth-order valence-corrected chi connectivity index (χ4v) is 2.09. The third-order valence-corrected chi connectivity index (χ3v) is 2.83. The summed E-state index contributed by atoms with van der Waals surface area (Å²) in [5, 5.41) is 3.00. The molecule has 1 amide bonds. The predicted octanol–water partition coefficient (Wildman–Crippen LogP) is 2.07. The first-order chi connectivity index (χ1) is 7.22. The highest BCUT2D eigenvalue weighted by Crippen LogP contribution is 2.30. The lowest BCUT2D eigenvalue weighted by molar-refractivity contribution is -0.117. The molecule has 0 radical (unpaired) electrons. The summed E-state index contributed by atoms with van der Waals surface area (Å²) in [5.41, 5.74) is 1.87. The van der Waals surface area contributed by atoms with Crippen LogP contribution < -0.4 is 10.2 Å². The number of hydrogen-bond donors (Lipinski definition) is 1. The van der Waals surface area contributed by atoms with Crippen molar-refractivity contribution in [2.45, 2.75) is 11.8 Å². The van der Waals surface area contributed by atoms with Gasteiger partial charge in [-0.15, -0.1) is 11.6 Å². The molecule has 2 rings (SSSR count). The molecular formula is C11H13ClN2O. The Kier molecular flexibility index (Phi) is 2.82. The number of carbonyl (C=O) groups excluding carboxylic acids is 1. The van der Waals surface area contributed by atoms with E-state index in [4.69, 9.17) is 11.6 Å². The summed E-state index contributed by atoms with van der Waals surface area (Å²) in [4.78, 5) is 13.4. The van der Waals surface area contributed by atoms with E-state index in [2.05, 4.69) is 5.32 Å². The Hall–Kier alpha value is -1.22. The fraction of sp³-hybridized carbons (Fsp3) is 0.364. The zero-order valence-electron chi connectivity index (χ0n) is 8.53. The number of para-hydroxylation sites is 2. The monoisotopic (exact) mass is 224 g/mol. The maximum Gasteiger partial charge on any atom is 0.228 e. The van der Waals surface area contributed by atoms with Gasteiger partial charge >= 0.3 is 0 Å². The van der Waals surface area contributed by atoms with Crippen molar-refractivity contribution in [3.05, 3.63) is 24.3 Å². The summed E-state index contributed by atoms with van der Waals surface area (Å²) >= 11 is 5.96. The van der Waals surface area contributed by atoms with Crippen molar-refractivity contribution < 1.29 is 4.79 Å². The van der Waals surface area contributed by atoms with Gasteiger partial charge in [0.2, 0.25) is 5.91 Å². The van der Waals surface area contributed by atoms with Crippen LogP contribution in [0.5, 0.6) is 0 Å². The van der Waals surface area contributed by atoms with Gasteiger partial charge in [0, 0.05) is 20.0 Å². The number of benzene rings is 1. The van der Waals surface area contributed by atoms with Gasteiger partial charge in [-0.3, -0.25) is 4.79 Å². The molecule has 1 saturated heterocycles. The molecule has 15 heavy (non-hydrogen) atoms. The van der Waals surface area contributed by atoms with E-state index >= 15 is 0 Å². The molecule has 1 N–H and O–H groups in total. The average molecular weight is 225 g/mol. The summed E-state index contributed by atoms with van der Waals surface area (Å²) in [6, 6.07) is 7.74. The van der Waals surface area contributed by atoms with E-state index < -0.39 is 0 Å². The Morgan fingerprint density at radius 2 is 2.20 bits per heavy atom. The quantitative estimate of drug-likeness (QED) is 0.781. The standard InChI is InChI=1S/C11H13ClN2O/c1-13-9-4-2-3-5-10(9)14-7-8(12)6-11(14)15/h2-5,8,13H,6-7H2,1H3. The maximum absolute atomic E-state index is 11.7. The Bertz CT molecular complexity index is 381. The molecule has 0 spiro atoms. The topological polar surface area (TPSA) is 32.3 Å². The fourth-order valence-electron chi connectivity index (χ4n) is 1.82. The van der Waals surface area contributed by atoms with Gasteiger partial charge in [0.15, 0.2) is 0 Å². The number of nitrogens with one attached hydrogen (secondary N) is 1. The van der Waals surface area contributed by atoms with Crippen LogP contribution >= 0.6 is 11.6 Å². The zero-order valence-corrected chi connectivity index (χ0v) is 9.29. The minimum atomic E-state index is -0.0672. The SMILES string of the molecule is CNc1ccccc1N1CC(Cl)CC1=O. The highest BCUT2D eigenvalue weighted by Gasteiger charge is 2.30. The number of alkyl halides is 1. The summed E-state index contributed by atoms with van der Waals surface area (Å²) < 4.78 is 0. The number of anilines is 2. The van der Waals surface area contributed by atoms with Crippen molar-refractivity contribution in [3.8, 4) is 0 Å². The lowest BCUT2D eigenvalue weighted by Crippen LogP contribution is -2.25. The molecule has 4 heteroatoms. The van der Waals surface area contributed by atoms with E-state index in [0.29, 0.717) is 13.0 Å². The van der Waals surface area contributed by atoms with Gasteiger partial charge in [-0.2, -0.15) is 0 Å². The number of hydrogen-bond acceptors (Lipinski definition) is 2. The summed E-state index contributed by atoms with van der Waals surface area (Å²) in [6.07, 6.45) is 0.430. The van der Waals surface area contributed by atoms with Crippen LogP contribution in [-0.2, 0) is 4.79 Å². The zero-order chi connectivity index (χ0) is 10.8. The molecular weight excluding hydrogens is 212 g/mol. The molecule has 1 aromatic rings. The van der Waals surface area contributed by atoms with Gasteiger partial charge in [-0.1, -0.05) is 12.1 Å². The maximum atomic E-state index is 11.7. The van der Waals surface area contributed by atoms with Gasteiger partial charge in [0.1, 0.15) is 0 Å². The number of rotatable bonds is 2. The van der Waals surface area contributed by atoms with Crippen LogP contribution in [-0.4, -0.2) is 24.9 Å². The molecule has 1 aliphatic heterocycles. The largest absolute Gasteiger partial charge is 0.386 e. The van der Waals surface area contributed by atoms with Gasteiger partial charge in [-0.25, -0.2) is 0 Å². The van der Waals surface area contributed by atoms with Gasteiger partial charge in [-0.05, 0) is 12.1 Å².